The lowest BCUT2D eigenvalue weighted by Crippen LogP contribution is -2.53. The first kappa shape index (κ1) is 15.8. The smallest absolute Gasteiger partial charge is 0.411 e. The fraction of sp³-hybridized carbons (Fsp3) is 0.846. The van der Waals surface area contributed by atoms with Gasteiger partial charge in [-0.05, 0) is 34.1 Å². The second-order valence-corrected chi connectivity index (χ2v) is 5.62. The molecule has 2 atom stereocenters. The number of piperidine rings is 1. The second-order valence-electron chi connectivity index (χ2n) is 5.62. The molecule has 1 aliphatic rings. The summed E-state index contributed by atoms with van der Waals surface area (Å²) in [5.74, 6) is -0.493. The molecule has 0 aliphatic carbocycles. The molecule has 19 heavy (non-hydrogen) atoms. The zero-order valence-corrected chi connectivity index (χ0v) is 12.0. The molecule has 6 nitrogen and oxygen atoms in total. The third-order valence-electron chi connectivity index (χ3n) is 2.76. The summed E-state index contributed by atoms with van der Waals surface area (Å²) in [7, 11) is 0. The molecular weight excluding hydrogens is 250 g/mol. The minimum Gasteiger partial charge on any atom is -0.464 e. The van der Waals surface area contributed by atoms with Crippen LogP contribution >= 0.6 is 0 Å². The Kier molecular flexibility index (Phi) is 5.17. The van der Waals surface area contributed by atoms with E-state index in [0.717, 1.165) is 0 Å². The maximum atomic E-state index is 12.1. The van der Waals surface area contributed by atoms with Crippen molar-refractivity contribution in [2.24, 2.45) is 0 Å². The molecule has 0 unspecified atom stereocenters. The summed E-state index contributed by atoms with van der Waals surface area (Å²) < 4.78 is 10.2. The van der Waals surface area contributed by atoms with Gasteiger partial charge in [0.1, 0.15) is 11.6 Å². The van der Waals surface area contributed by atoms with E-state index >= 15 is 0 Å². The zero-order chi connectivity index (χ0) is 14.6. The lowest BCUT2D eigenvalue weighted by molar-refractivity contribution is -0.152. The van der Waals surface area contributed by atoms with Gasteiger partial charge >= 0.3 is 12.1 Å². The fourth-order valence-corrected chi connectivity index (χ4v) is 1.95. The van der Waals surface area contributed by atoms with Crippen molar-refractivity contribution < 1.29 is 24.2 Å². The number of amides is 1. The number of nitrogens with zero attached hydrogens (tertiary/aromatic N) is 1. The van der Waals surface area contributed by atoms with E-state index < -0.39 is 29.8 Å². The molecule has 1 saturated heterocycles. The minimum absolute atomic E-state index is 0.193. The third-order valence-corrected chi connectivity index (χ3v) is 2.76. The number of aliphatic hydroxyl groups is 1. The first-order valence-corrected chi connectivity index (χ1v) is 6.59. The molecule has 1 heterocycles. The van der Waals surface area contributed by atoms with E-state index in [1.54, 1.807) is 27.7 Å². The van der Waals surface area contributed by atoms with Gasteiger partial charge in [0.2, 0.25) is 0 Å². The first-order valence-electron chi connectivity index (χ1n) is 6.59. The Hall–Kier alpha value is -1.30. The number of esters is 1. The third kappa shape index (κ3) is 4.70. The Morgan fingerprint density at radius 2 is 2.00 bits per heavy atom. The van der Waals surface area contributed by atoms with E-state index in [1.165, 1.54) is 4.90 Å². The fourth-order valence-electron chi connectivity index (χ4n) is 1.95. The van der Waals surface area contributed by atoms with E-state index in [-0.39, 0.29) is 13.0 Å². The highest BCUT2D eigenvalue weighted by molar-refractivity contribution is 5.81. The number of rotatable bonds is 2. The van der Waals surface area contributed by atoms with Gasteiger partial charge in [-0.25, -0.2) is 9.59 Å². The van der Waals surface area contributed by atoms with Gasteiger partial charge in [-0.15, -0.1) is 0 Å². The maximum Gasteiger partial charge on any atom is 0.411 e. The summed E-state index contributed by atoms with van der Waals surface area (Å²) in [6, 6.07) is -0.765. The van der Waals surface area contributed by atoms with Crippen molar-refractivity contribution in [1.29, 1.82) is 0 Å². The average Bonchev–Trinajstić information content (AvgIpc) is 2.26. The van der Waals surface area contributed by atoms with E-state index in [9.17, 15) is 14.7 Å². The van der Waals surface area contributed by atoms with Gasteiger partial charge in [0.05, 0.1) is 12.7 Å². The standard InChI is InChI=1S/C13H23NO5/c1-5-18-11(16)10-8-9(15)6-7-14(10)12(17)19-13(2,3)4/h9-10,15H,5-8H2,1-4H3/t9-,10+/m0/s1. The van der Waals surface area contributed by atoms with Gasteiger partial charge in [0.15, 0.2) is 0 Å². The quantitative estimate of drug-likeness (QED) is 0.768. The largest absolute Gasteiger partial charge is 0.464 e. The normalized spacial score (nSPS) is 23.9. The number of likely N-dealkylation sites (tertiary alicyclic amines) is 1. The van der Waals surface area contributed by atoms with Crippen LogP contribution in [0.4, 0.5) is 4.79 Å². The summed E-state index contributed by atoms with van der Waals surface area (Å²) in [5, 5.41) is 9.64. The lowest BCUT2D eigenvalue weighted by Gasteiger charge is -2.36. The predicted molar refractivity (Wildman–Crippen MR) is 68.6 cm³/mol. The van der Waals surface area contributed by atoms with E-state index in [0.29, 0.717) is 13.0 Å². The molecule has 0 spiro atoms. The molecule has 1 aliphatic heterocycles. The lowest BCUT2D eigenvalue weighted by atomic mass is 10.00. The van der Waals surface area contributed by atoms with Gasteiger partial charge in [-0.3, -0.25) is 4.90 Å². The highest BCUT2D eigenvalue weighted by Gasteiger charge is 2.38. The Bertz CT molecular complexity index is 336. The van der Waals surface area contributed by atoms with Crippen LogP contribution in [0.3, 0.4) is 0 Å². The van der Waals surface area contributed by atoms with Crippen molar-refractivity contribution in [3.63, 3.8) is 0 Å². The molecule has 0 saturated carbocycles. The molecule has 1 fully saturated rings. The highest BCUT2D eigenvalue weighted by atomic mass is 16.6. The maximum absolute atomic E-state index is 12.1. The molecule has 6 heteroatoms. The van der Waals surface area contributed by atoms with Crippen molar-refractivity contribution in [1.82, 2.24) is 4.90 Å². The minimum atomic E-state index is -0.765. The number of carbonyl (C=O) groups is 2. The van der Waals surface area contributed by atoms with Gasteiger partial charge in [0.25, 0.3) is 0 Å². The SMILES string of the molecule is CCOC(=O)[C@H]1C[C@@H](O)CCN1C(=O)OC(C)(C)C. The molecule has 0 bridgehead atoms. The van der Waals surface area contributed by atoms with Gasteiger partial charge < -0.3 is 14.6 Å². The van der Waals surface area contributed by atoms with E-state index in [2.05, 4.69) is 0 Å². The van der Waals surface area contributed by atoms with Crippen LogP contribution in [0.15, 0.2) is 0 Å². The molecule has 1 rings (SSSR count). The number of ether oxygens (including phenoxy) is 2. The van der Waals surface area contributed by atoms with Crippen molar-refractivity contribution >= 4 is 12.1 Å². The molecule has 1 N–H and O–H groups in total. The van der Waals surface area contributed by atoms with Crippen molar-refractivity contribution in [3.8, 4) is 0 Å². The number of hydrogen-bond acceptors (Lipinski definition) is 5. The van der Waals surface area contributed by atoms with Gasteiger partial charge in [-0.2, -0.15) is 0 Å². The van der Waals surface area contributed by atoms with Crippen LogP contribution in [0.5, 0.6) is 0 Å². The Balaban J connectivity index is 2.77. The topological polar surface area (TPSA) is 76.1 Å². The number of carbonyl (C=O) groups excluding carboxylic acids is 2. The van der Waals surface area contributed by atoms with Crippen molar-refractivity contribution in [3.05, 3.63) is 0 Å². The van der Waals surface area contributed by atoms with Crippen LogP contribution in [0.1, 0.15) is 40.5 Å². The summed E-state index contributed by atoms with van der Waals surface area (Å²) in [6.45, 7) is 7.54. The van der Waals surface area contributed by atoms with Crippen LogP contribution < -0.4 is 0 Å². The number of aliphatic hydroxyl groups excluding tert-OH is 1. The zero-order valence-electron chi connectivity index (χ0n) is 12.0. The summed E-state index contributed by atoms with van der Waals surface area (Å²) in [5.41, 5.74) is -0.619. The molecule has 0 aromatic carbocycles. The monoisotopic (exact) mass is 273 g/mol. The van der Waals surface area contributed by atoms with Crippen LogP contribution in [-0.2, 0) is 14.3 Å². The highest BCUT2D eigenvalue weighted by Crippen LogP contribution is 2.21. The second kappa shape index (κ2) is 6.23. The Morgan fingerprint density at radius 3 is 2.53 bits per heavy atom. The van der Waals surface area contributed by atoms with Crippen LogP contribution in [0.25, 0.3) is 0 Å². The molecule has 1 amide bonds. The predicted octanol–water partition coefficient (Wildman–Crippen LogP) is 1.31. The molecule has 110 valence electrons. The van der Waals surface area contributed by atoms with E-state index in [4.69, 9.17) is 9.47 Å². The molecule has 0 radical (unpaired) electrons. The van der Waals surface area contributed by atoms with Crippen LogP contribution in [0.2, 0.25) is 0 Å². The number of hydrogen-bond donors (Lipinski definition) is 1. The summed E-state index contributed by atoms with van der Waals surface area (Å²) in [6.07, 6.45) is -0.502. The van der Waals surface area contributed by atoms with Crippen LogP contribution in [-0.4, -0.2) is 53.0 Å². The van der Waals surface area contributed by atoms with Crippen LogP contribution in [0, 0.1) is 0 Å². The Morgan fingerprint density at radius 1 is 1.37 bits per heavy atom. The molecule has 0 aromatic rings. The van der Waals surface area contributed by atoms with Crippen molar-refractivity contribution in [2.75, 3.05) is 13.2 Å². The van der Waals surface area contributed by atoms with Gasteiger partial charge in [-0.1, -0.05) is 0 Å². The summed E-state index contributed by atoms with van der Waals surface area (Å²) in [4.78, 5) is 25.2. The molecule has 0 aromatic heterocycles. The summed E-state index contributed by atoms with van der Waals surface area (Å²) >= 11 is 0. The molecular formula is C13H23NO5. The Labute approximate surface area is 113 Å². The van der Waals surface area contributed by atoms with Gasteiger partial charge in [0, 0.05) is 13.0 Å². The van der Waals surface area contributed by atoms with Crippen molar-refractivity contribution in [2.45, 2.75) is 58.3 Å². The van der Waals surface area contributed by atoms with E-state index in [1.807, 2.05) is 0 Å². The first-order chi connectivity index (χ1) is 8.74. The average molecular weight is 273 g/mol.